The van der Waals surface area contributed by atoms with Crippen LogP contribution in [0, 0.1) is 0 Å². The maximum absolute atomic E-state index is 10.6. The number of rotatable bonds is 6. The van der Waals surface area contributed by atoms with Crippen molar-refractivity contribution >= 4 is 5.97 Å². The Balaban J connectivity index is 3.91. The van der Waals surface area contributed by atoms with Gasteiger partial charge < -0.3 is 10.2 Å². The number of aliphatic carboxylic acids is 1. The van der Waals surface area contributed by atoms with Gasteiger partial charge in [-0.2, -0.15) is 0 Å². The van der Waals surface area contributed by atoms with E-state index in [1.807, 2.05) is 6.92 Å². The zero-order chi connectivity index (χ0) is 9.56. The molecule has 0 aromatic carbocycles. The first kappa shape index (κ1) is 11.4. The average molecular weight is 175 g/mol. The number of aliphatic hydroxyl groups excluding tert-OH is 1. The topological polar surface area (TPSA) is 69.6 Å². The molecule has 12 heavy (non-hydrogen) atoms. The highest BCUT2D eigenvalue weighted by Crippen LogP contribution is 1.96. The number of hydrogen-bond donors (Lipinski definition) is 3. The molecule has 0 aliphatic rings. The number of hydrogen-bond acceptors (Lipinski definition) is 3. The molecular weight excluding hydrogens is 158 g/mol. The molecule has 2 atom stereocenters. The Hall–Kier alpha value is -0.610. The van der Waals surface area contributed by atoms with Crippen molar-refractivity contribution in [3.63, 3.8) is 0 Å². The molecule has 0 fully saturated rings. The Morgan fingerprint density at radius 1 is 1.42 bits per heavy atom. The van der Waals surface area contributed by atoms with E-state index in [1.54, 1.807) is 6.92 Å². The van der Waals surface area contributed by atoms with Crippen LogP contribution in [0.4, 0.5) is 0 Å². The van der Waals surface area contributed by atoms with E-state index in [0.717, 1.165) is 6.42 Å². The quantitative estimate of drug-likeness (QED) is 0.539. The normalized spacial score (nSPS) is 15.6. The Morgan fingerprint density at radius 2 is 2.00 bits per heavy atom. The molecule has 3 N–H and O–H groups in total. The molecular formula is C8H17NO3. The number of aliphatic hydroxyl groups is 1. The van der Waals surface area contributed by atoms with Crippen LogP contribution < -0.4 is 5.32 Å². The predicted octanol–water partition coefficient (Wildman–Crippen LogP) is 0.210. The molecule has 0 aliphatic carbocycles. The first-order chi connectivity index (χ1) is 5.65. The molecule has 0 spiro atoms. The maximum Gasteiger partial charge on any atom is 0.320 e. The van der Waals surface area contributed by atoms with E-state index in [0.29, 0.717) is 6.42 Å². The van der Waals surface area contributed by atoms with Gasteiger partial charge >= 0.3 is 5.97 Å². The molecule has 72 valence electrons. The number of carbonyl (C=O) groups is 1. The van der Waals surface area contributed by atoms with E-state index >= 15 is 0 Å². The highest BCUT2D eigenvalue weighted by molar-refractivity contribution is 5.73. The van der Waals surface area contributed by atoms with Crippen LogP contribution in [0.5, 0.6) is 0 Å². The minimum absolute atomic E-state index is 0.0136. The van der Waals surface area contributed by atoms with Crippen LogP contribution in [0.15, 0.2) is 0 Å². The third-order valence-corrected chi connectivity index (χ3v) is 1.86. The summed E-state index contributed by atoms with van der Waals surface area (Å²) in [5.74, 6) is -0.857. The predicted molar refractivity (Wildman–Crippen MR) is 46.0 cm³/mol. The summed E-state index contributed by atoms with van der Waals surface area (Å²) in [5.41, 5.74) is 0. The van der Waals surface area contributed by atoms with Gasteiger partial charge in [0, 0.05) is 6.04 Å². The maximum atomic E-state index is 10.6. The van der Waals surface area contributed by atoms with Gasteiger partial charge in [-0.1, -0.05) is 13.8 Å². The van der Waals surface area contributed by atoms with Gasteiger partial charge in [-0.05, 0) is 12.8 Å². The standard InChI is InChI=1S/C8H17NO3/c1-3-6(5-10)9-7(4-2)8(11)12/h6-7,9-10H,3-5H2,1-2H3,(H,11,12). The lowest BCUT2D eigenvalue weighted by Crippen LogP contribution is -2.44. The lowest BCUT2D eigenvalue weighted by Gasteiger charge is -2.18. The minimum Gasteiger partial charge on any atom is -0.480 e. The minimum atomic E-state index is -0.857. The molecule has 2 unspecified atom stereocenters. The van der Waals surface area contributed by atoms with Gasteiger partial charge in [0.1, 0.15) is 6.04 Å². The lowest BCUT2D eigenvalue weighted by atomic mass is 10.1. The summed E-state index contributed by atoms with van der Waals surface area (Å²) in [5, 5.41) is 20.3. The highest BCUT2D eigenvalue weighted by Gasteiger charge is 2.17. The van der Waals surface area contributed by atoms with Crippen LogP contribution in [0.2, 0.25) is 0 Å². The van der Waals surface area contributed by atoms with Crippen molar-refractivity contribution in [3.8, 4) is 0 Å². The van der Waals surface area contributed by atoms with Crippen molar-refractivity contribution in [1.29, 1.82) is 0 Å². The monoisotopic (exact) mass is 175 g/mol. The summed E-state index contributed by atoms with van der Waals surface area (Å²) in [6, 6.07) is -0.645. The molecule has 0 aromatic rings. The highest BCUT2D eigenvalue weighted by atomic mass is 16.4. The van der Waals surface area contributed by atoms with Crippen LogP contribution in [0.3, 0.4) is 0 Å². The number of carboxylic acids is 1. The van der Waals surface area contributed by atoms with Crippen molar-refractivity contribution < 1.29 is 15.0 Å². The SMILES string of the molecule is CCC(CO)NC(CC)C(=O)O. The van der Waals surface area contributed by atoms with Gasteiger partial charge in [-0.3, -0.25) is 10.1 Å². The fraction of sp³-hybridized carbons (Fsp3) is 0.875. The van der Waals surface area contributed by atoms with Gasteiger partial charge in [0.25, 0.3) is 0 Å². The Bertz CT molecular complexity index is 134. The van der Waals surface area contributed by atoms with Crippen molar-refractivity contribution in [1.82, 2.24) is 5.32 Å². The van der Waals surface area contributed by atoms with E-state index in [2.05, 4.69) is 5.32 Å². The largest absolute Gasteiger partial charge is 0.480 e. The zero-order valence-electron chi connectivity index (χ0n) is 7.58. The van der Waals surface area contributed by atoms with E-state index < -0.39 is 12.0 Å². The van der Waals surface area contributed by atoms with E-state index in [1.165, 1.54) is 0 Å². The summed E-state index contributed by atoms with van der Waals surface area (Å²) in [7, 11) is 0. The molecule has 4 nitrogen and oxygen atoms in total. The molecule has 4 heteroatoms. The Labute approximate surface area is 72.6 Å². The smallest absolute Gasteiger partial charge is 0.320 e. The van der Waals surface area contributed by atoms with Gasteiger partial charge in [-0.15, -0.1) is 0 Å². The number of nitrogens with one attached hydrogen (secondary N) is 1. The van der Waals surface area contributed by atoms with Crippen LogP contribution in [0.1, 0.15) is 26.7 Å². The van der Waals surface area contributed by atoms with E-state index in [4.69, 9.17) is 10.2 Å². The summed E-state index contributed by atoms with van der Waals surface area (Å²) < 4.78 is 0. The summed E-state index contributed by atoms with van der Waals surface area (Å²) >= 11 is 0. The van der Waals surface area contributed by atoms with E-state index in [9.17, 15) is 4.79 Å². The first-order valence-electron chi connectivity index (χ1n) is 4.25. The molecule has 0 aromatic heterocycles. The molecule has 0 bridgehead atoms. The third-order valence-electron chi connectivity index (χ3n) is 1.86. The third kappa shape index (κ3) is 3.69. The second-order valence-electron chi connectivity index (χ2n) is 2.75. The molecule has 0 saturated heterocycles. The van der Waals surface area contributed by atoms with Crippen molar-refractivity contribution in [2.24, 2.45) is 0 Å². The Morgan fingerprint density at radius 3 is 2.25 bits per heavy atom. The Kier molecular flexibility index (Phi) is 5.66. The average Bonchev–Trinajstić information content (AvgIpc) is 2.06. The molecule has 0 saturated carbocycles. The second-order valence-corrected chi connectivity index (χ2v) is 2.75. The first-order valence-corrected chi connectivity index (χ1v) is 4.25. The molecule has 0 radical (unpaired) electrons. The van der Waals surface area contributed by atoms with Gasteiger partial charge in [0.15, 0.2) is 0 Å². The second kappa shape index (κ2) is 5.97. The van der Waals surface area contributed by atoms with Crippen LogP contribution in [-0.2, 0) is 4.79 Å². The van der Waals surface area contributed by atoms with Crippen molar-refractivity contribution in [2.45, 2.75) is 38.8 Å². The fourth-order valence-electron chi connectivity index (χ4n) is 0.948. The zero-order valence-corrected chi connectivity index (χ0v) is 7.58. The molecule has 0 aliphatic heterocycles. The van der Waals surface area contributed by atoms with Gasteiger partial charge in [0.2, 0.25) is 0 Å². The summed E-state index contributed by atoms with van der Waals surface area (Å²) in [4.78, 5) is 10.6. The molecule has 0 amide bonds. The van der Waals surface area contributed by atoms with Crippen molar-refractivity contribution in [3.05, 3.63) is 0 Å². The van der Waals surface area contributed by atoms with Crippen LogP contribution in [0.25, 0.3) is 0 Å². The van der Waals surface area contributed by atoms with Gasteiger partial charge in [0.05, 0.1) is 6.61 Å². The van der Waals surface area contributed by atoms with Crippen molar-refractivity contribution in [2.75, 3.05) is 6.61 Å². The summed E-state index contributed by atoms with van der Waals surface area (Å²) in [6.07, 6.45) is 1.27. The van der Waals surface area contributed by atoms with E-state index in [-0.39, 0.29) is 12.6 Å². The lowest BCUT2D eigenvalue weighted by molar-refractivity contribution is -0.139. The van der Waals surface area contributed by atoms with Gasteiger partial charge in [-0.25, -0.2) is 0 Å². The molecule has 0 heterocycles. The van der Waals surface area contributed by atoms with Crippen LogP contribution >= 0.6 is 0 Å². The van der Waals surface area contributed by atoms with Crippen LogP contribution in [-0.4, -0.2) is 34.9 Å². The summed E-state index contributed by atoms with van der Waals surface area (Å²) in [6.45, 7) is 3.69. The molecule has 0 rings (SSSR count). The number of carboxylic acid groups (broad SMARTS) is 1. The fourth-order valence-corrected chi connectivity index (χ4v) is 0.948.